The zero-order valence-corrected chi connectivity index (χ0v) is 10.8. The molecule has 7 heteroatoms. The molecule has 94 valence electrons. The van der Waals surface area contributed by atoms with Crippen LogP contribution >= 0.6 is 11.3 Å². The molecule has 0 radical (unpaired) electrons. The van der Waals surface area contributed by atoms with E-state index in [1.807, 2.05) is 6.92 Å². The van der Waals surface area contributed by atoms with Gasteiger partial charge >= 0.3 is 5.97 Å². The third kappa shape index (κ3) is 2.80. The number of hydrogen-bond donors (Lipinski definition) is 2. The van der Waals surface area contributed by atoms with Crippen molar-refractivity contribution in [1.29, 1.82) is 0 Å². The van der Waals surface area contributed by atoms with E-state index < -0.39 is 5.97 Å². The first-order valence-corrected chi connectivity index (χ1v) is 6.11. The van der Waals surface area contributed by atoms with E-state index >= 15 is 0 Å². The van der Waals surface area contributed by atoms with E-state index in [2.05, 4.69) is 20.3 Å². The average molecular weight is 264 g/mol. The van der Waals surface area contributed by atoms with Gasteiger partial charge in [0.15, 0.2) is 10.8 Å². The van der Waals surface area contributed by atoms with Gasteiger partial charge in [-0.2, -0.15) is 0 Å². The van der Waals surface area contributed by atoms with Gasteiger partial charge in [0.1, 0.15) is 5.82 Å². The van der Waals surface area contributed by atoms with Crippen LogP contribution in [0.3, 0.4) is 0 Å². The van der Waals surface area contributed by atoms with Gasteiger partial charge < -0.3 is 10.4 Å². The SMILES string of the molecule is Cc1nccc(CNc2nc(C(=O)O)c(C)s2)n1. The van der Waals surface area contributed by atoms with Gasteiger partial charge in [-0.3, -0.25) is 0 Å². The van der Waals surface area contributed by atoms with E-state index in [9.17, 15) is 4.79 Å². The van der Waals surface area contributed by atoms with Crippen molar-refractivity contribution in [3.8, 4) is 0 Å². The highest BCUT2D eigenvalue weighted by Gasteiger charge is 2.13. The number of anilines is 1. The van der Waals surface area contributed by atoms with Crippen LogP contribution in [0.5, 0.6) is 0 Å². The largest absolute Gasteiger partial charge is 0.476 e. The van der Waals surface area contributed by atoms with Crippen molar-refractivity contribution in [2.24, 2.45) is 0 Å². The maximum absolute atomic E-state index is 10.8. The smallest absolute Gasteiger partial charge is 0.355 e. The Bertz CT molecular complexity index is 582. The van der Waals surface area contributed by atoms with Gasteiger partial charge in [0.25, 0.3) is 0 Å². The monoisotopic (exact) mass is 264 g/mol. The van der Waals surface area contributed by atoms with Gasteiger partial charge in [-0.25, -0.2) is 19.7 Å². The molecule has 0 saturated heterocycles. The normalized spacial score (nSPS) is 10.3. The molecule has 18 heavy (non-hydrogen) atoms. The zero-order valence-electron chi connectivity index (χ0n) is 9.97. The van der Waals surface area contributed by atoms with Crippen LogP contribution in [0.2, 0.25) is 0 Å². The lowest BCUT2D eigenvalue weighted by atomic mass is 10.4. The number of nitrogens with one attached hydrogen (secondary N) is 1. The Hall–Kier alpha value is -2.02. The number of carbonyl (C=O) groups is 1. The summed E-state index contributed by atoms with van der Waals surface area (Å²) >= 11 is 1.32. The Morgan fingerprint density at radius 3 is 2.83 bits per heavy atom. The molecule has 2 aromatic rings. The topological polar surface area (TPSA) is 88.0 Å². The van der Waals surface area contributed by atoms with Gasteiger partial charge in [0.2, 0.25) is 0 Å². The molecule has 2 N–H and O–H groups in total. The molecule has 2 aromatic heterocycles. The van der Waals surface area contributed by atoms with Crippen LogP contribution in [-0.4, -0.2) is 26.0 Å². The summed E-state index contributed by atoms with van der Waals surface area (Å²) in [7, 11) is 0. The molecule has 0 aromatic carbocycles. The fraction of sp³-hybridized carbons (Fsp3) is 0.273. The number of rotatable bonds is 4. The van der Waals surface area contributed by atoms with Crippen molar-refractivity contribution in [2.45, 2.75) is 20.4 Å². The number of aryl methyl sites for hydroxylation is 2. The number of aromatic nitrogens is 3. The summed E-state index contributed by atoms with van der Waals surface area (Å²) in [4.78, 5) is 23.8. The van der Waals surface area contributed by atoms with Crippen molar-refractivity contribution >= 4 is 22.4 Å². The number of thiazole rings is 1. The lowest BCUT2D eigenvalue weighted by Gasteiger charge is -2.02. The van der Waals surface area contributed by atoms with Gasteiger partial charge in [-0.05, 0) is 19.9 Å². The minimum Gasteiger partial charge on any atom is -0.476 e. The van der Waals surface area contributed by atoms with E-state index in [1.165, 1.54) is 11.3 Å². The Morgan fingerprint density at radius 2 is 2.22 bits per heavy atom. The van der Waals surface area contributed by atoms with Crippen LogP contribution in [0.4, 0.5) is 5.13 Å². The van der Waals surface area contributed by atoms with Crippen molar-refractivity contribution in [3.05, 3.63) is 34.4 Å². The number of carboxylic acid groups (broad SMARTS) is 1. The number of aromatic carboxylic acids is 1. The quantitative estimate of drug-likeness (QED) is 0.876. The lowest BCUT2D eigenvalue weighted by Crippen LogP contribution is -2.04. The lowest BCUT2D eigenvalue weighted by molar-refractivity contribution is 0.0690. The molecule has 0 spiro atoms. The molecule has 0 saturated carbocycles. The van der Waals surface area contributed by atoms with Crippen molar-refractivity contribution in [1.82, 2.24) is 15.0 Å². The molecular formula is C11H12N4O2S. The van der Waals surface area contributed by atoms with E-state index in [0.717, 1.165) is 5.69 Å². The van der Waals surface area contributed by atoms with Crippen LogP contribution in [0.1, 0.15) is 26.9 Å². The Morgan fingerprint density at radius 1 is 1.44 bits per heavy atom. The molecule has 0 aliphatic rings. The van der Waals surface area contributed by atoms with Crippen LogP contribution in [0, 0.1) is 13.8 Å². The molecule has 2 heterocycles. The molecule has 2 rings (SSSR count). The first kappa shape index (κ1) is 12.4. The summed E-state index contributed by atoms with van der Waals surface area (Å²) in [6.07, 6.45) is 1.69. The number of nitrogens with zero attached hydrogens (tertiary/aromatic N) is 3. The molecule has 0 atom stereocenters. The van der Waals surface area contributed by atoms with Crippen molar-refractivity contribution < 1.29 is 9.90 Å². The third-order valence-electron chi connectivity index (χ3n) is 2.25. The minimum atomic E-state index is -1.00. The summed E-state index contributed by atoms with van der Waals surface area (Å²) in [6.45, 7) is 4.05. The summed E-state index contributed by atoms with van der Waals surface area (Å²) in [5.41, 5.74) is 0.939. The fourth-order valence-corrected chi connectivity index (χ4v) is 2.24. The number of carboxylic acids is 1. The summed E-state index contributed by atoms with van der Waals surface area (Å²) < 4.78 is 0. The third-order valence-corrected chi connectivity index (χ3v) is 3.18. The minimum absolute atomic E-state index is 0.0985. The van der Waals surface area contributed by atoms with Crippen molar-refractivity contribution in [2.75, 3.05) is 5.32 Å². The number of hydrogen-bond acceptors (Lipinski definition) is 6. The molecule has 6 nitrogen and oxygen atoms in total. The molecule has 0 aliphatic heterocycles. The van der Waals surface area contributed by atoms with Crippen molar-refractivity contribution in [3.63, 3.8) is 0 Å². The van der Waals surface area contributed by atoms with Gasteiger partial charge in [-0.1, -0.05) is 0 Å². The molecular weight excluding hydrogens is 252 g/mol. The van der Waals surface area contributed by atoms with Gasteiger partial charge in [-0.15, -0.1) is 11.3 Å². The second kappa shape index (κ2) is 5.09. The van der Waals surface area contributed by atoms with Gasteiger partial charge in [0.05, 0.1) is 12.2 Å². The molecule has 0 aliphatic carbocycles. The molecule has 0 unspecified atom stereocenters. The second-order valence-corrected chi connectivity index (χ2v) is 4.88. The van der Waals surface area contributed by atoms with E-state index in [4.69, 9.17) is 5.11 Å². The maximum Gasteiger partial charge on any atom is 0.355 e. The average Bonchev–Trinajstić information content (AvgIpc) is 2.68. The van der Waals surface area contributed by atoms with Crippen LogP contribution < -0.4 is 5.32 Å². The van der Waals surface area contributed by atoms with Crippen LogP contribution in [-0.2, 0) is 6.54 Å². The summed E-state index contributed by atoms with van der Waals surface area (Å²) in [5, 5.41) is 12.5. The Kier molecular flexibility index (Phi) is 3.52. The molecule has 0 amide bonds. The maximum atomic E-state index is 10.8. The van der Waals surface area contributed by atoms with E-state index in [1.54, 1.807) is 19.2 Å². The molecule has 0 bridgehead atoms. The predicted molar refractivity (Wildman–Crippen MR) is 67.9 cm³/mol. The Balaban J connectivity index is 2.06. The first-order valence-electron chi connectivity index (χ1n) is 5.29. The van der Waals surface area contributed by atoms with E-state index in [-0.39, 0.29) is 5.69 Å². The van der Waals surface area contributed by atoms with Crippen LogP contribution in [0.15, 0.2) is 12.3 Å². The second-order valence-electron chi connectivity index (χ2n) is 3.68. The highest BCUT2D eigenvalue weighted by molar-refractivity contribution is 7.15. The fourth-order valence-electron chi connectivity index (χ4n) is 1.44. The summed E-state index contributed by atoms with van der Waals surface area (Å²) in [6, 6.07) is 1.80. The predicted octanol–water partition coefficient (Wildman–Crippen LogP) is 1.86. The highest BCUT2D eigenvalue weighted by Crippen LogP contribution is 2.22. The standard InChI is InChI=1S/C11H12N4O2S/c1-6-9(10(16)17)15-11(18-6)13-5-8-3-4-12-7(2)14-8/h3-4H,5H2,1-2H3,(H,13,15)(H,16,17). The van der Waals surface area contributed by atoms with E-state index in [0.29, 0.717) is 22.4 Å². The first-order chi connectivity index (χ1) is 8.56. The Labute approximate surface area is 108 Å². The zero-order chi connectivity index (χ0) is 13.1. The van der Waals surface area contributed by atoms with Gasteiger partial charge in [0, 0.05) is 11.1 Å². The van der Waals surface area contributed by atoms with Crippen LogP contribution in [0.25, 0.3) is 0 Å². The summed E-state index contributed by atoms with van der Waals surface area (Å²) in [5.74, 6) is -0.300. The molecule has 0 fully saturated rings. The highest BCUT2D eigenvalue weighted by atomic mass is 32.1.